The molecule has 1 atom stereocenters. The van der Waals surface area contributed by atoms with Gasteiger partial charge < -0.3 is 9.88 Å². The van der Waals surface area contributed by atoms with Crippen molar-refractivity contribution in [3.05, 3.63) is 48.0 Å². The van der Waals surface area contributed by atoms with Crippen molar-refractivity contribution in [2.45, 2.75) is 31.8 Å². The zero-order valence-corrected chi connectivity index (χ0v) is 10.3. The molecule has 3 nitrogen and oxygen atoms in total. The van der Waals surface area contributed by atoms with Crippen molar-refractivity contribution in [1.29, 1.82) is 0 Å². The average molecular weight is 245 g/mol. The molecule has 1 N–H and O–H groups in total. The van der Waals surface area contributed by atoms with Crippen molar-refractivity contribution in [3.63, 3.8) is 0 Å². The van der Waals surface area contributed by atoms with Gasteiger partial charge in [0.15, 0.2) is 0 Å². The number of halogens is 1. The molecule has 94 valence electrons. The summed E-state index contributed by atoms with van der Waals surface area (Å²) in [7, 11) is 0. The molecule has 1 fully saturated rings. The van der Waals surface area contributed by atoms with E-state index in [4.69, 9.17) is 0 Å². The van der Waals surface area contributed by atoms with E-state index in [-0.39, 0.29) is 11.9 Å². The Kier molecular flexibility index (Phi) is 2.78. The Hall–Kier alpha value is -1.84. The number of nitrogens with zero attached hydrogens (tertiary/aromatic N) is 2. The molecule has 1 heterocycles. The Bertz CT molecular complexity index is 528. The molecule has 0 bridgehead atoms. The van der Waals surface area contributed by atoms with Gasteiger partial charge >= 0.3 is 0 Å². The van der Waals surface area contributed by atoms with E-state index < -0.39 is 0 Å². The molecule has 1 aliphatic carbocycles. The summed E-state index contributed by atoms with van der Waals surface area (Å²) in [6, 6.07) is 7.36. The predicted molar refractivity (Wildman–Crippen MR) is 69.1 cm³/mol. The van der Waals surface area contributed by atoms with Gasteiger partial charge in [-0.2, -0.15) is 0 Å². The Labute approximate surface area is 106 Å². The molecule has 3 rings (SSSR count). The molecule has 4 heteroatoms. The maximum atomic E-state index is 12.9. The minimum Gasteiger partial charge on any atom is -0.353 e. The zero-order chi connectivity index (χ0) is 12.5. The lowest BCUT2D eigenvalue weighted by Crippen LogP contribution is -2.13. The number of hydrogen-bond acceptors (Lipinski definition) is 2. The molecular formula is C14H16FN3. The maximum absolute atomic E-state index is 12.9. The largest absolute Gasteiger partial charge is 0.353 e. The Morgan fingerprint density at radius 3 is 2.72 bits per heavy atom. The van der Waals surface area contributed by atoms with Crippen LogP contribution in [0.1, 0.15) is 31.4 Å². The number of anilines is 1. The first-order chi connectivity index (χ1) is 8.74. The van der Waals surface area contributed by atoms with Gasteiger partial charge in [0.2, 0.25) is 5.95 Å². The summed E-state index contributed by atoms with van der Waals surface area (Å²) in [4.78, 5) is 4.34. The molecule has 0 spiro atoms. The van der Waals surface area contributed by atoms with E-state index in [9.17, 15) is 4.39 Å². The summed E-state index contributed by atoms with van der Waals surface area (Å²) < 4.78 is 15.0. The summed E-state index contributed by atoms with van der Waals surface area (Å²) in [5, 5.41) is 3.40. The van der Waals surface area contributed by atoms with Crippen LogP contribution in [0.2, 0.25) is 0 Å². The van der Waals surface area contributed by atoms with Gasteiger partial charge in [0.25, 0.3) is 0 Å². The van der Waals surface area contributed by atoms with Gasteiger partial charge in [-0.25, -0.2) is 9.37 Å². The molecule has 0 aliphatic heterocycles. The normalized spacial score (nSPS) is 16.6. The van der Waals surface area contributed by atoms with Crippen LogP contribution in [0.5, 0.6) is 0 Å². The van der Waals surface area contributed by atoms with Crippen LogP contribution in [0.15, 0.2) is 36.7 Å². The third kappa shape index (κ3) is 2.23. The molecule has 1 saturated carbocycles. The molecule has 1 aromatic carbocycles. The summed E-state index contributed by atoms with van der Waals surface area (Å²) in [5.41, 5.74) is 1.08. The Balaban J connectivity index is 1.84. The van der Waals surface area contributed by atoms with Crippen molar-refractivity contribution in [2.24, 2.45) is 0 Å². The monoisotopic (exact) mass is 245 g/mol. The summed E-state index contributed by atoms with van der Waals surface area (Å²) >= 11 is 0. The van der Waals surface area contributed by atoms with Crippen molar-refractivity contribution >= 4 is 5.95 Å². The van der Waals surface area contributed by atoms with Crippen LogP contribution in [-0.2, 0) is 0 Å². The first-order valence-corrected chi connectivity index (χ1v) is 6.29. The average Bonchev–Trinajstić information content (AvgIpc) is 3.06. The van der Waals surface area contributed by atoms with E-state index in [1.54, 1.807) is 6.20 Å². The molecule has 1 unspecified atom stereocenters. The highest BCUT2D eigenvalue weighted by Gasteiger charge is 2.23. The number of nitrogens with one attached hydrogen (secondary N) is 1. The summed E-state index contributed by atoms with van der Waals surface area (Å²) in [6.07, 6.45) is 6.19. The van der Waals surface area contributed by atoms with E-state index in [2.05, 4.69) is 21.8 Å². The van der Waals surface area contributed by atoms with E-state index in [0.29, 0.717) is 6.04 Å². The number of rotatable bonds is 4. The lowest BCUT2D eigenvalue weighted by molar-refractivity contribution is 0.617. The van der Waals surface area contributed by atoms with Gasteiger partial charge in [0.1, 0.15) is 5.82 Å². The maximum Gasteiger partial charge on any atom is 0.203 e. The Morgan fingerprint density at radius 2 is 2.06 bits per heavy atom. The number of imidazole rings is 1. The fourth-order valence-corrected chi connectivity index (χ4v) is 2.05. The van der Waals surface area contributed by atoms with Crippen LogP contribution in [-0.4, -0.2) is 15.6 Å². The lowest BCUT2D eigenvalue weighted by Gasteiger charge is -2.17. The Morgan fingerprint density at radius 1 is 1.33 bits per heavy atom. The van der Waals surface area contributed by atoms with Crippen molar-refractivity contribution < 1.29 is 4.39 Å². The number of benzene rings is 1. The smallest absolute Gasteiger partial charge is 0.203 e. The molecular weight excluding hydrogens is 229 g/mol. The van der Waals surface area contributed by atoms with E-state index >= 15 is 0 Å². The summed E-state index contributed by atoms with van der Waals surface area (Å²) in [5.74, 6) is 0.697. The van der Waals surface area contributed by atoms with Crippen LogP contribution >= 0.6 is 0 Å². The second-order valence-electron chi connectivity index (χ2n) is 4.80. The second-order valence-corrected chi connectivity index (χ2v) is 4.80. The first kappa shape index (κ1) is 11.3. The molecule has 0 amide bonds. The van der Waals surface area contributed by atoms with Crippen LogP contribution in [0.25, 0.3) is 0 Å². The minimum absolute atomic E-state index is 0.148. The molecule has 0 saturated heterocycles. The van der Waals surface area contributed by atoms with Gasteiger partial charge in [-0.15, -0.1) is 0 Å². The van der Waals surface area contributed by atoms with Crippen molar-refractivity contribution in [1.82, 2.24) is 9.55 Å². The first-order valence-electron chi connectivity index (χ1n) is 6.29. The zero-order valence-electron chi connectivity index (χ0n) is 10.3. The highest BCUT2D eigenvalue weighted by atomic mass is 19.1. The van der Waals surface area contributed by atoms with E-state index in [0.717, 1.165) is 11.5 Å². The highest BCUT2D eigenvalue weighted by Crippen LogP contribution is 2.27. The third-order valence-corrected chi connectivity index (χ3v) is 3.35. The molecule has 0 radical (unpaired) electrons. The predicted octanol–water partition coefficient (Wildman–Crippen LogP) is 3.21. The summed E-state index contributed by atoms with van der Waals surface area (Å²) in [6.45, 7) is 2.09. The molecule has 1 aliphatic rings. The molecule has 18 heavy (non-hydrogen) atoms. The van der Waals surface area contributed by atoms with Gasteiger partial charge in [0, 0.05) is 18.4 Å². The van der Waals surface area contributed by atoms with Crippen LogP contribution in [0.4, 0.5) is 10.3 Å². The number of aromatic nitrogens is 2. The van der Waals surface area contributed by atoms with E-state index in [1.807, 2.05) is 18.3 Å². The molecule has 1 aromatic heterocycles. The second kappa shape index (κ2) is 4.44. The van der Waals surface area contributed by atoms with E-state index in [1.165, 1.54) is 25.0 Å². The minimum atomic E-state index is -0.201. The van der Waals surface area contributed by atoms with Gasteiger partial charge in [-0.1, -0.05) is 12.1 Å². The fraction of sp³-hybridized carbons (Fsp3) is 0.357. The highest BCUT2D eigenvalue weighted by molar-refractivity contribution is 5.33. The van der Waals surface area contributed by atoms with Crippen LogP contribution in [0.3, 0.4) is 0 Å². The third-order valence-electron chi connectivity index (χ3n) is 3.35. The van der Waals surface area contributed by atoms with Gasteiger partial charge in [-0.3, -0.25) is 0 Å². The fourth-order valence-electron chi connectivity index (χ4n) is 2.05. The SMILES string of the molecule is CC(c1ccc(F)cc1)n1ccnc1NC1CC1. The van der Waals surface area contributed by atoms with Crippen molar-refractivity contribution in [2.75, 3.05) is 5.32 Å². The van der Waals surface area contributed by atoms with Crippen LogP contribution in [0, 0.1) is 5.82 Å². The topological polar surface area (TPSA) is 29.9 Å². The standard InChI is InChI=1S/C14H16FN3/c1-10(11-2-4-12(15)5-3-11)18-9-8-16-14(18)17-13-6-7-13/h2-5,8-10,13H,6-7H2,1H3,(H,16,17). The quantitative estimate of drug-likeness (QED) is 0.896. The van der Waals surface area contributed by atoms with Crippen molar-refractivity contribution in [3.8, 4) is 0 Å². The lowest BCUT2D eigenvalue weighted by atomic mass is 10.1. The van der Waals surface area contributed by atoms with Crippen LogP contribution < -0.4 is 5.32 Å². The molecule has 2 aromatic rings. The van der Waals surface area contributed by atoms with Gasteiger partial charge in [-0.05, 0) is 37.5 Å². The van der Waals surface area contributed by atoms with Gasteiger partial charge in [0.05, 0.1) is 6.04 Å². The number of hydrogen-bond donors (Lipinski definition) is 1.